The molecule has 0 bridgehead atoms. The maximum atomic E-state index is 12.7. The summed E-state index contributed by atoms with van der Waals surface area (Å²) in [5.41, 5.74) is 0.807. The molecule has 0 aliphatic carbocycles. The van der Waals surface area contributed by atoms with E-state index in [1.807, 2.05) is 24.0 Å². The van der Waals surface area contributed by atoms with Gasteiger partial charge in [-0.1, -0.05) is 37.2 Å². The number of rotatable bonds is 4. The summed E-state index contributed by atoms with van der Waals surface area (Å²) in [5.74, 6) is 1.66. The second kappa shape index (κ2) is 7.79. The SMILES string of the molecule is CC1CC(C)CN(C(=O)C(C)Sc2nnc(-c3ccc(Cl)cc3)o2)C1. The van der Waals surface area contributed by atoms with Gasteiger partial charge in [-0.2, -0.15) is 0 Å². The molecule has 1 amide bonds. The van der Waals surface area contributed by atoms with E-state index in [-0.39, 0.29) is 11.2 Å². The third-order valence-corrected chi connectivity index (χ3v) is 5.48. The first-order chi connectivity index (χ1) is 11.9. The summed E-state index contributed by atoms with van der Waals surface area (Å²) in [4.78, 5) is 14.7. The van der Waals surface area contributed by atoms with Crippen LogP contribution in [0.5, 0.6) is 0 Å². The molecule has 1 aromatic carbocycles. The number of aromatic nitrogens is 2. The maximum Gasteiger partial charge on any atom is 0.277 e. The molecule has 1 aromatic heterocycles. The standard InChI is InChI=1S/C18H22ClN3O2S/c1-11-8-12(2)10-22(9-11)17(23)13(3)25-18-21-20-16(24-18)14-4-6-15(19)7-5-14/h4-7,11-13H,8-10H2,1-3H3. The van der Waals surface area contributed by atoms with Crippen LogP contribution in [0.15, 0.2) is 33.9 Å². The number of piperidine rings is 1. The number of thioether (sulfide) groups is 1. The van der Waals surface area contributed by atoms with Crippen LogP contribution in [0.3, 0.4) is 0 Å². The predicted molar refractivity (Wildman–Crippen MR) is 99.6 cm³/mol. The van der Waals surface area contributed by atoms with Crippen LogP contribution in [-0.4, -0.2) is 39.3 Å². The average Bonchev–Trinajstić information content (AvgIpc) is 3.02. The van der Waals surface area contributed by atoms with E-state index < -0.39 is 0 Å². The van der Waals surface area contributed by atoms with Gasteiger partial charge in [-0.15, -0.1) is 10.2 Å². The minimum Gasteiger partial charge on any atom is -0.411 e. The molecule has 134 valence electrons. The number of amides is 1. The van der Waals surface area contributed by atoms with Crippen molar-refractivity contribution in [3.63, 3.8) is 0 Å². The van der Waals surface area contributed by atoms with Crippen molar-refractivity contribution >= 4 is 29.3 Å². The van der Waals surface area contributed by atoms with Crippen LogP contribution >= 0.6 is 23.4 Å². The van der Waals surface area contributed by atoms with E-state index in [1.54, 1.807) is 12.1 Å². The molecular weight excluding hydrogens is 358 g/mol. The Morgan fingerprint density at radius 1 is 1.24 bits per heavy atom. The molecule has 2 heterocycles. The first-order valence-corrected chi connectivity index (χ1v) is 9.73. The number of carbonyl (C=O) groups excluding carboxylic acids is 1. The second-order valence-electron chi connectivity index (χ2n) is 6.83. The largest absolute Gasteiger partial charge is 0.411 e. The number of carbonyl (C=O) groups is 1. The molecule has 2 aromatic rings. The Morgan fingerprint density at radius 3 is 2.52 bits per heavy atom. The van der Waals surface area contributed by atoms with Crippen molar-refractivity contribution in [1.82, 2.24) is 15.1 Å². The monoisotopic (exact) mass is 379 g/mol. The fourth-order valence-corrected chi connectivity index (χ4v) is 4.16. The van der Waals surface area contributed by atoms with Crippen LogP contribution in [0.4, 0.5) is 0 Å². The van der Waals surface area contributed by atoms with Gasteiger partial charge in [0.05, 0.1) is 5.25 Å². The fourth-order valence-electron chi connectivity index (χ4n) is 3.27. The Morgan fingerprint density at radius 2 is 1.88 bits per heavy atom. The molecule has 3 unspecified atom stereocenters. The summed E-state index contributed by atoms with van der Waals surface area (Å²) in [6.07, 6.45) is 1.18. The van der Waals surface area contributed by atoms with Gasteiger partial charge in [0, 0.05) is 23.7 Å². The van der Waals surface area contributed by atoms with E-state index in [0.717, 1.165) is 18.7 Å². The van der Waals surface area contributed by atoms with Crippen molar-refractivity contribution in [2.45, 2.75) is 37.7 Å². The molecule has 1 aliphatic heterocycles. The normalized spacial score (nSPS) is 22.0. The molecule has 7 heteroatoms. The quantitative estimate of drug-likeness (QED) is 0.738. The Labute approximate surface area is 157 Å². The van der Waals surface area contributed by atoms with Gasteiger partial charge in [0.25, 0.3) is 5.22 Å². The van der Waals surface area contributed by atoms with Crippen LogP contribution in [-0.2, 0) is 4.79 Å². The van der Waals surface area contributed by atoms with Crippen LogP contribution in [0, 0.1) is 11.8 Å². The van der Waals surface area contributed by atoms with Crippen molar-refractivity contribution in [3.05, 3.63) is 29.3 Å². The van der Waals surface area contributed by atoms with Gasteiger partial charge in [-0.25, -0.2) is 0 Å². The molecule has 1 fully saturated rings. The summed E-state index contributed by atoms with van der Waals surface area (Å²) in [7, 11) is 0. The Bertz CT molecular complexity index is 724. The summed E-state index contributed by atoms with van der Waals surface area (Å²) in [6, 6.07) is 7.21. The van der Waals surface area contributed by atoms with Gasteiger partial charge in [-0.3, -0.25) is 4.79 Å². The third-order valence-electron chi connectivity index (χ3n) is 4.30. The zero-order chi connectivity index (χ0) is 18.0. The number of nitrogens with zero attached hydrogens (tertiary/aromatic N) is 3. The van der Waals surface area contributed by atoms with Gasteiger partial charge in [-0.05, 0) is 49.4 Å². The van der Waals surface area contributed by atoms with Gasteiger partial charge in [0.1, 0.15) is 0 Å². The zero-order valence-corrected chi connectivity index (χ0v) is 16.2. The molecule has 5 nitrogen and oxygen atoms in total. The number of benzene rings is 1. The van der Waals surface area contributed by atoms with Crippen molar-refractivity contribution < 1.29 is 9.21 Å². The molecule has 1 aliphatic rings. The third kappa shape index (κ3) is 4.55. The summed E-state index contributed by atoms with van der Waals surface area (Å²) in [5, 5.41) is 8.92. The van der Waals surface area contributed by atoms with Crippen LogP contribution in [0.25, 0.3) is 11.5 Å². The van der Waals surface area contributed by atoms with Crippen molar-refractivity contribution in [2.75, 3.05) is 13.1 Å². The van der Waals surface area contributed by atoms with Crippen LogP contribution < -0.4 is 0 Å². The molecule has 3 rings (SSSR count). The lowest BCUT2D eigenvalue weighted by Gasteiger charge is -2.36. The Kier molecular flexibility index (Phi) is 5.69. The predicted octanol–water partition coefficient (Wildman–Crippen LogP) is 4.38. The lowest BCUT2D eigenvalue weighted by atomic mass is 9.92. The number of hydrogen-bond donors (Lipinski definition) is 0. The van der Waals surface area contributed by atoms with E-state index >= 15 is 0 Å². The van der Waals surface area contributed by atoms with Crippen molar-refractivity contribution in [3.8, 4) is 11.5 Å². The Hall–Kier alpha value is -1.53. The van der Waals surface area contributed by atoms with Gasteiger partial charge < -0.3 is 9.32 Å². The lowest BCUT2D eigenvalue weighted by molar-refractivity contribution is -0.132. The average molecular weight is 380 g/mol. The van der Waals surface area contributed by atoms with E-state index in [0.29, 0.717) is 28.0 Å². The highest BCUT2D eigenvalue weighted by atomic mass is 35.5. The summed E-state index contributed by atoms with van der Waals surface area (Å²) < 4.78 is 5.69. The number of hydrogen-bond acceptors (Lipinski definition) is 5. The van der Waals surface area contributed by atoms with Gasteiger partial charge >= 0.3 is 0 Å². The molecule has 0 radical (unpaired) electrons. The van der Waals surface area contributed by atoms with Crippen molar-refractivity contribution in [2.24, 2.45) is 11.8 Å². The highest BCUT2D eigenvalue weighted by molar-refractivity contribution is 8.00. The zero-order valence-electron chi connectivity index (χ0n) is 14.6. The summed E-state index contributed by atoms with van der Waals surface area (Å²) >= 11 is 7.20. The highest BCUT2D eigenvalue weighted by Gasteiger charge is 2.29. The van der Waals surface area contributed by atoms with Gasteiger partial charge in [0.2, 0.25) is 11.8 Å². The number of halogens is 1. The lowest BCUT2D eigenvalue weighted by Crippen LogP contribution is -2.45. The van der Waals surface area contributed by atoms with Crippen LogP contribution in [0.1, 0.15) is 27.2 Å². The Balaban J connectivity index is 1.64. The smallest absolute Gasteiger partial charge is 0.277 e. The van der Waals surface area contributed by atoms with Gasteiger partial charge in [0.15, 0.2) is 0 Å². The van der Waals surface area contributed by atoms with E-state index in [9.17, 15) is 4.79 Å². The first-order valence-electron chi connectivity index (χ1n) is 8.47. The van der Waals surface area contributed by atoms with E-state index in [4.69, 9.17) is 16.0 Å². The first kappa shape index (κ1) is 18.3. The highest BCUT2D eigenvalue weighted by Crippen LogP contribution is 2.29. The fraction of sp³-hybridized carbons (Fsp3) is 0.500. The second-order valence-corrected chi connectivity index (χ2v) is 8.56. The molecule has 0 N–H and O–H groups in total. The maximum absolute atomic E-state index is 12.7. The minimum absolute atomic E-state index is 0.134. The molecule has 3 atom stereocenters. The molecule has 25 heavy (non-hydrogen) atoms. The van der Waals surface area contributed by atoms with E-state index in [2.05, 4.69) is 24.0 Å². The number of likely N-dealkylation sites (tertiary alicyclic amines) is 1. The van der Waals surface area contributed by atoms with E-state index in [1.165, 1.54) is 18.2 Å². The van der Waals surface area contributed by atoms with Crippen molar-refractivity contribution in [1.29, 1.82) is 0 Å². The molecular formula is C18H22ClN3O2S. The summed E-state index contributed by atoms with van der Waals surface area (Å²) in [6.45, 7) is 7.94. The molecule has 0 saturated carbocycles. The van der Waals surface area contributed by atoms with Crippen LogP contribution in [0.2, 0.25) is 5.02 Å². The topological polar surface area (TPSA) is 59.2 Å². The minimum atomic E-state index is -0.254. The molecule has 0 spiro atoms. The molecule has 1 saturated heterocycles.